The Morgan fingerprint density at radius 1 is 1.20 bits per heavy atom. The lowest BCUT2D eigenvalue weighted by Gasteiger charge is -2.11. The van der Waals surface area contributed by atoms with Crippen LogP contribution >= 0.6 is 0 Å². The second kappa shape index (κ2) is 5.29. The van der Waals surface area contributed by atoms with Gasteiger partial charge in [0.15, 0.2) is 0 Å². The van der Waals surface area contributed by atoms with Gasteiger partial charge in [-0.3, -0.25) is 0 Å². The minimum Gasteiger partial charge on any atom is -0.501 e. The van der Waals surface area contributed by atoms with E-state index in [2.05, 4.69) is 6.58 Å². The van der Waals surface area contributed by atoms with Crippen molar-refractivity contribution in [2.45, 2.75) is 6.42 Å². The summed E-state index contributed by atoms with van der Waals surface area (Å²) >= 11 is 0. The van der Waals surface area contributed by atoms with Crippen molar-refractivity contribution in [2.75, 3.05) is 21.3 Å². The third kappa shape index (κ3) is 2.91. The predicted octanol–water partition coefficient (Wildman–Crippen LogP) is 2.41. The molecule has 0 unspecified atom stereocenters. The quantitative estimate of drug-likeness (QED) is 0.695. The lowest BCUT2D eigenvalue weighted by atomic mass is 10.1. The number of hydrogen-bond donors (Lipinski definition) is 0. The summed E-state index contributed by atoms with van der Waals surface area (Å²) in [7, 11) is 4.87. The largest absolute Gasteiger partial charge is 0.501 e. The number of benzene rings is 1. The van der Waals surface area contributed by atoms with Crippen LogP contribution in [0.25, 0.3) is 0 Å². The van der Waals surface area contributed by atoms with Crippen LogP contribution in [0.15, 0.2) is 30.5 Å². The second-order valence-electron chi connectivity index (χ2n) is 3.10. The molecule has 0 radical (unpaired) electrons. The molecule has 0 saturated carbocycles. The van der Waals surface area contributed by atoms with Gasteiger partial charge in [-0.05, 0) is 6.07 Å². The third-order valence-electron chi connectivity index (χ3n) is 2.17. The van der Waals surface area contributed by atoms with E-state index in [1.165, 1.54) is 0 Å². The minimum absolute atomic E-state index is 0.643. The maximum atomic E-state index is 5.26. The van der Waals surface area contributed by atoms with Crippen molar-refractivity contribution in [3.8, 4) is 11.5 Å². The Morgan fingerprint density at radius 3 is 2.47 bits per heavy atom. The molecule has 1 aromatic rings. The van der Waals surface area contributed by atoms with Crippen LogP contribution in [0.4, 0.5) is 0 Å². The Kier molecular flexibility index (Phi) is 4.03. The van der Waals surface area contributed by atoms with Gasteiger partial charge in [-0.15, -0.1) is 0 Å². The second-order valence-corrected chi connectivity index (χ2v) is 3.10. The fraction of sp³-hybridized carbons (Fsp3) is 0.333. The van der Waals surface area contributed by atoms with Gasteiger partial charge in [-0.25, -0.2) is 0 Å². The first kappa shape index (κ1) is 11.4. The Morgan fingerprint density at radius 2 is 1.93 bits per heavy atom. The standard InChI is InChI=1S/C12H16O3/c1-9(13-2)7-10-5-6-11(14-3)8-12(10)15-4/h5-6,8H,1,7H2,2-4H3. The molecular weight excluding hydrogens is 192 g/mol. The van der Waals surface area contributed by atoms with Gasteiger partial charge in [0.05, 0.1) is 27.1 Å². The van der Waals surface area contributed by atoms with Crippen LogP contribution in [-0.4, -0.2) is 21.3 Å². The van der Waals surface area contributed by atoms with E-state index in [0.29, 0.717) is 12.2 Å². The number of rotatable bonds is 5. The van der Waals surface area contributed by atoms with Crippen LogP contribution in [0, 0.1) is 0 Å². The summed E-state index contributed by atoms with van der Waals surface area (Å²) in [6.45, 7) is 3.78. The smallest absolute Gasteiger partial charge is 0.126 e. The first-order valence-electron chi connectivity index (χ1n) is 4.64. The number of allylic oxidation sites excluding steroid dienone is 1. The van der Waals surface area contributed by atoms with Crippen molar-refractivity contribution < 1.29 is 14.2 Å². The SMILES string of the molecule is C=C(Cc1ccc(OC)cc1OC)OC. The van der Waals surface area contributed by atoms with Crippen LogP contribution < -0.4 is 9.47 Å². The monoisotopic (exact) mass is 208 g/mol. The highest BCUT2D eigenvalue weighted by atomic mass is 16.5. The Bertz CT molecular complexity index is 345. The molecule has 0 N–H and O–H groups in total. The molecule has 1 rings (SSSR count). The Balaban J connectivity index is 2.92. The summed E-state index contributed by atoms with van der Waals surface area (Å²) in [5.41, 5.74) is 1.03. The fourth-order valence-corrected chi connectivity index (χ4v) is 1.28. The molecule has 0 amide bonds. The first-order valence-corrected chi connectivity index (χ1v) is 4.64. The van der Waals surface area contributed by atoms with Crippen LogP contribution in [0.2, 0.25) is 0 Å². The molecular formula is C12H16O3. The average molecular weight is 208 g/mol. The van der Waals surface area contributed by atoms with Crippen LogP contribution in [0.5, 0.6) is 11.5 Å². The highest BCUT2D eigenvalue weighted by Crippen LogP contribution is 2.26. The van der Waals surface area contributed by atoms with Crippen molar-refractivity contribution >= 4 is 0 Å². The van der Waals surface area contributed by atoms with E-state index in [9.17, 15) is 0 Å². The summed E-state index contributed by atoms with van der Waals surface area (Å²) in [5, 5.41) is 0. The zero-order chi connectivity index (χ0) is 11.3. The summed E-state index contributed by atoms with van der Waals surface area (Å²) in [4.78, 5) is 0. The van der Waals surface area contributed by atoms with Crippen molar-refractivity contribution in [3.05, 3.63) is 36.1 Å². The van der Waals surface area contributed by atoms with Gasteiger partial charge in [-0.1, -0.05) is 12.6 Å². The molecule has 1 aromatic carbocycles. The predicted molar refractivity (Wildman–Crippen MR) is 59.4 cm³/mol. The van der Waals surface area contributed by atoms with Gasteiger partial charge >= 0.3 is 0 Å². The molecule has 0 bridgehead atoms. The van der Waals surface area contributed by atoms with E-state index in [4.69, 9.17) is 14.2 Å². The summed E-state index contributed by atoms with van der Waals surface area (Å²) in [5.74, 6) is 2.27. The van der Waals surface area contributed by atoms with Crippen molar-refractivity contribution in [3.63, 3.8) is 0 Å². The molecule has 0 aromatic heterocycles. The van der Waals surface area contributed by atoms with Crippen molar-refractivity contribution in [2.24, 2.45) is 0 Å². The van der Waals surface area contributed by atoms with E-state index < -0.39 is 0 Å². The zero-order valence-corrected chi connectivity index (χ0v) is 9.37. The Labute approximate surface area is 90.3 Å². The summed E-state index contributed by atoms with van der Waals surface area (Å²) in [6, 6.07) is 5.68. The molecule has 0 heterocycles. The number of methoxy groups -OCH3 is 3. The lowest BCUT2D eigenvalue weighted by molar-refractivity contribution is 0.284. The molecule has 0 aliphatic carbocycles. The molecule has 0 atom stereocenters. The first-order chi connectivity index (χ1) is 7.21. The topological polar surface area (TPSA) is 27.7 Å². The molecule has 3 nitrogen and oxygen atoms in total. The van der Waals surface area contributed by atoms with Gasteiger partial charge in [0, 0.05) is 18.1 Å². The Hall–Kier alpha value is -1.64. The van der Waals surface area contributed by atoms with E-state index >= 15 is 0 Å². The van der Waals surface area contributed by atoms with Crippen LogP contribution in [0.1, 0.15) is 5.56 Å². The average Bonchev–Trinajstić information content (AvgIpc) is 2.29. The highest BCUT2D eigenvalue weighted by molar-refractivity contribution is 5.42. The van der Waals surface area contributed by atoms with E-state index in [1.807, 2.05) is 18.2 Å². The van der Waals surface area contributed by atoms with Crippen molar-refractivity contribution in [1.29, 1.82) is 0 Å². The van der Waals surface area contributed by atoms with Gasteiger partial charge in [0.25, 0.3) is 0 Å². The van der Waals surface area contributed by atoms with Gasteiger partial charge < -0.3 is 14.2 Å². The van der Waals surface area contributed by atoms with Crippen molar-refractivity contribution in [1.82, 2.24) is 0 Å². The maximum Gasteiger partial charge on any atom is 0.126 e. The van der Waals surface area contributed by atoms with Gasteiger partial charge in [-0.2, -0.15) is 0 Å². The molecule has 0 aliphatic heterocycles. The third-order valence-corrected chi connectivity index (χ3v) is 2.17. The molecule has 0 saturated heterocycles. The molecule has 0 aliphatic rings. The number of hydrogen-bond acceptors (Lipinski definition) is 3. The molecule has 82 valence electrons. The molecule has 3 heteroatoms. The molecule has 15 heavy (non-hydrogen) atoms. The van der Waals surface area contributed by atoms with E-state index in [0.717, 1.165) is 17.1 Å². The minimum atomic E-state index is 0.643. The zero-order valence-electron chi connectivity index (χ0n) is 9.37. The highest BCUT2D eigenvalue weighted by Gasteiger charge is 2.06. The van der Waals surface area contributed by atoms with E-state index in [1.54, 1.807) is 21.3 Å². The summed E-state index contributed by atoms with van der Waals surface area (Å²) in [6.07, 6.45) is 0.643. The van der Waals surface area contributed by atoms with Crippen LogP contribution in [0.3, 0.4) is 0 Å². The normalized spacial score (nSPS) is 9.53. The van der Waals surface area contributed by atoms with E-state index in [-0.39, 0.29) is 0 Å². The lowest BCUT2D eigenvalue weighted by Crippen LogP contribution is -1.96. The number of ether oxygens (including phenoxy) is 3. The van der Waals surface area contributed by atoms with Crippen LogP contribution in [-0.2, 0) is 11.2 Å². The maximum absolute atomic E-state index is 5.26. The van der Waals surface area contributed by atoms with Gasteiger partial charge in [0.1, 0.15) is 11.5 Å². The van der Waals surface area contributed by atoms with Gasteiger partial charge in [0.2, 0.25) is 0 Å². The molecule has 0 spiro atoms. The molecule has 0 fully saturated rings. The fourth-order valence-electron chi connectivity index (χ4n) is 1.28. The summed E-state index contributed by atoms with van der Waals surface area (Å²) < 4.78 is 15.4.